The summed E-state index contributed by atoms with van der Waals surface area (Å²) in [5.41, 5.74) is 1.19. The molecular formula is C21H24N4O3S. The van der Waals surface area contributed by atoms with Crippen molar-refractivity contribution in [1.82, 2.24) is 9.97 Å². The van der Waals surface area contributed by atoms with Crippen LogP contribution in [0.25, 0.3) is 10.2 Å². The molecule has 3 aromatic rings. The Morgan fingerprint density at radius 1 is 1.28 bits per heavy atom. The highest BCUT2D eigenvalue weighted by molar-refractivity contribution is 7.18. The van der Waals surface area contributed by atoms with Crippen molar-refractivity contribution in [2.45, 2.75) is 38.8 Å². The molecule has 0 saturated carbocycles. The van der Waals surface area contributed by atoms with E-state index in [1.165, 1.54) is 10.4 Å². The van der Waals surface area contributed by atoms with Gasteiger partial charge in [0.2, 0.25) is 5.95 Å². The number of fused-ring (bicyclic) bond motifs is 1. The fourth-order valence-electron chi connectivity index (χ4n) is 3.51. The lowest BCUT2D eigenvalue weighted by Crippen LogP contribution is -2.38. The summed E-state index contributed by atoms with van der Waals surface area (Å²) in [6.45, 7) is 4.18. The number of benzene rings is 1. The lowest BCUT2D eigenvalue weighted by atomic mass is 10.1. The molecule has 152 valence electrons. The molecule has 0 bridgehead atoms. The first-order valence-corrected chi connectivity index (χ1v) is 10.7. The molecule has 2 N–H and O–H groups in total. The number of hydrogen-bond acceptors (Lipinski definition) is 7. The first kappa shape index (κ1) is 19.4. The largest absolute Gasteiger partial charge is 0.506 e. The Bertz CT molecular complexity index is 984. The van der Waals surface area contributed by atoms with Crippen LogP contribution in [0.15, 0.2) is 36.4 Å². The standard InChI is InChI=1S/C21H24N4O3S/c1-2-16-12-17-18(22-13-14-6-4-3-5-7-14)23-20(24-19(17)29-16)25-10-8-15(9-11-25)28-21(26)27/h3-7,12,15H,2,8-11,13H2,1H3,(H,26,27)(H,22,23,24). The maximum atomic E-state index is 10.8. The van der Waals surface area contributed by atoms with Crippen molar-refractivity contribution in [1.29, 1.82) is 0 Å². The van der Waals surface area contributed by atoms with Gasteiger partial charge in [-0.2, -0.15) is 4.98 Å². The average Bonchev–Trinajstić information content (AvgIpc) is 3.16. The molecule has 3 heterocycles. The number of carboxylic acid groups (broad SMARTS) is 1. The smallest absolute Gasteiger partial charge is 0.450 e. The third-order valence-corrected chi connectivity index (χ3v) is 6.25. The zero-order chi connectivity index (χ0) is 20.2. The first-order valence-electron chi connectivity index (χ1n) is 9.85. The normalized spacial score (nSPS) is 14.9. The molecule has 1 saturated heterocycles. The van der Waals surface area contributed by atoms with Gasteiger partial charge >= 0.3 is 6.16 Å². The van der Waals surface area contributed by atoms with Crippen LogP contribution in [-0.4, -0.2) is 40.4 Å². The van der Waals surface area contributed by atoms with Crippen molar-refractivity contribution in [3.63, 3.8) is 0 Å². The monoisotopic (exact) mass is 412 g/mol. The number of piperidine rings is 1. The van der Waals surface area contributed by atoms with Crippen molar-refractivity contribution in [2.75, 3.05) is 23.3 Å². The van der Waals surface area contributed by atoms with Crippen LogP contribution in [0.5, 0.6) is 0 Å². The van der Waals surface area contributed by atoms with E-state index < -0.39 is 6.16 Å². The van der Waals surface area contributed by atoms with Crippen LogP contribution in [0.1, 0.15) is 30.2 Å². The minimum Gasteiger partial charge on any atom is -0.450 e. The van der Waals surface area contributed by atoms with Crippen molar-refractivity contribution >= 4 is 39.5 Å². The molecule has 0 atom stereocenters. The SMILES string of the molecule is CCc1cc2c(NCc3ccccc3)nc(N3CCC(OC(=O)O)CC3)nc2s1. The molecule has 0 amide bonds. The number of thiophene rings is 1. The Balaban J connectivity index is 1.57. The van der Waals surface area contributed by atoms with E-state index in [1.54, 1.807) is 11.3 Å². The van der Waals surface area contributed by atoms with Gasteiger partial charge in [-0.1, -0.05) is 37.3 Å². The molecule has 0 radical (unpaired) electrons. The van der Waals surface area contributed by atoms with Gasteiger partial charge < -0.3 is 20.1 Å². The highest BCUT2D eigenvalue weighted by Crippen LogP contribution is 2.32. The topological polar surface area (TPSA) is 87.6 Å². The van der Waals surface area contributed by atoms with Gasteiger partial charge in [0, 0.05) is 37.4 Å². The molecule has 29 heavy (non-hydrogen) atoms. The van der Waals surface area contributed by atoms with Crippen LogP contribution in [0, 0.1) is 0 Å². The minimum absolute atomic E-state index is 0.253. The van der Waals surface area contributed by atoms with E-state index in [4.69, 9.17) is 19.8 Å². The lowest BCUT2D eigenvalue weighted by molar-refractivity contribution is 0.0415. The van der Waals surface area contributed by atoms with E-state index in [-0.39, 0.29) is 6.10 Å². The van der Waals surface area contributed by atoms with Gasteiger partial charge in [0.15, 0.2) is 0 Å². The zero-order valence-corrected chi connectivity index (χ0v) is 17.1. The summed E-state index contributed by atoms with van der Waals surface area (Å²) in [6, 6.07) is 12.4. The zero-order valence-electron chi connectivity index (χ0n) is 16.3. The fourth-order valence-corrected chi connectivity index (χ4v) is 4.47. The van der Waals surface area contributed by atoms with Gasteiger partial charge in [-0.15, -0.1) is 11.3 Å². The number of aryl methyl sites for hydroxylation is 1. The van der Waals surface area contributed by atoms with Gasteiger partial charge in [-0.25, -0.2) is 9.78 Å². The van der Waals surface area contributed by atoms with E-state index in [1.807, 2.05) is 18.2 Å². The molecule has 2 aromatic heterocycles. The third kappa shape index (κ3) is 4.59. The van der Waals surface area contributed by atoms with Crippen molar-refractivity contribution in [2.24, 2.45) is 0 Å². The summed E-state index contributed by atoms with van der Waals surface area (Å²) >= 11 is 1.70. The minimum atomic E-state index is -1.21. The quantitative estimate of drug-likeness (QED) is 0.575. The summed E-state index contributed by atoms with van der Waals surface area (Å²) in [4.78, 5) is 24.8. The van der Waals surface area contributed by atoms with Crippen molar-refractivity contribution < 1.29 is 14.6 Å². The molecule has 0 aliphatic carbocycles. The van der Waals surface area contributed by atoms with Crippen LogP contribution in [0.3, 0.4) is 0 Å². The number of nitrogens with one attached hydrogen (secondary N) is 1. The maximum absolute atomic E-state index is 10.8. The Morgan fingerprint density at radius 2 is 2.03 bits per heavy atom. The van der Waals surface area contributed by atoms with Crippen LogP contribution < -0.4 is 10.2 Å². The summed E-state index contributed by atoms with van der Waals surface area (Å²) < 4.78 is 4.91. The van der Waals surface area contributed by atoms with E-state index in [2.05, 4.69) is 35.3 Å². The maximum Gasteiger partial charge on any atom is 0.506 e. The molecule has 0 unspecified atom stereocenters. The molecule has 1 aromatic carbocycles. The highest BCUT2D eigenvalue weighted by atomic mass is 32.1. The molecule has 4 rings (SSSR count). The summed E-state index contributed by atoms with van der Waals surface area (Å²) in [5, 5.41) is 13.3. The van der Waals surface area contributed by atoms with Gasteiger partial charge in [0.25, 0.3) is 0 Å². The summed E-state index contributed by atoms with van der Waals surface area (Å²) in [7, 11) is 0. The Hall–Kier alpha value is -2.87. The highest BCUT2D eigenvalue weighted by Gasteiger charge is 2.24. The Labute approximate surface area is 173 Å². The Kier molecular flexibility index (Phi) is 5.80. The predicted octanol–water partition coefficient (Wildman–Crippen LogP) is 4.53. The third-order valence-electron chi connectivity index (χ3n) is 5.08. The van der Waals surface area contributed by atoms with Gasteiger partial charge in [0.05, 0.1) is 5.39 Å². The first-order chi connectivity index (χ1) is 14.1. The van der Waals surface area contributed by atoms with Gasteiger partial charge in [-0.3, -0.25) is 0 Å². The second-order valence-electron chi connectivity index (χ2n) is 7.07. The van der Waals surface area contributed by atoms with E-state index in [9.17, 15) is 4.79 Å². The number of nitrogens with zero attached hydrogens (tertiary/aromatic N) is 3. The molecule has 1 aliphatic rings. The van der Waals surface area contributed by atoms with Crippen LogP contribution in [-0.2, 0) is 17.7 Å². The average molecular weight is 413 g/mol. The lowest BCUT2D eigenvalue weighted by Gasteiger charge is -2.31. The van der Waals surface area contributed by atoms with Crippen molar-refractivity contribution in [3.8, 4) is 0 Å². The number of anilines is 2. The summed E-state index contributed by atoms with van der Waals surface area (Å²) in [5.74, 6) is 1.53. The number of ether oxygens (including phenoxy) is 1. The van der Waals surface area contributed by atoms with Gasteiger partial charge in [0.1, 0.15) is 16.8 Å². The predicted molar refractivity (Wildman–Crippen MR) is 115 cm³/mol. The second kappa shape index (κ2) is 8.65. The number of aromatic nitrogens is 2. The molecule has 7 nitrogen and oxygen atoms in total. The van der Waals surface area contributed by atoms with Crippen LogP contribution in [0.2, 0.25) is 0 Å². The molecule has 1 fully saturated rings. The molecule has 1 aliphatic heterocycles. The van der Waals surface area contributed by atoms with E-state index >= 15 is 0 Å². The molecular weight excluding hydrogens is 388 g/mol. The van der Waals surface area contributed by atoms with Gasteiger partial charge in [-0.05, 0) is 18.1 Å². The van der Waals surface area contributed by atoms with Crippen LogP contribution >= 0.6 is 11.3 Å². The van der Waals surface area contributed by atoms with Crippen LogP contribution in [0.4, 0.5) is 16.6 Å². The number of carbonyl (C=O) groups is 1. The Morgan fingerprint density at radius 3 is 2.72 bits per heavy atom. The van der Waals surface area contributed by atoms with E-state index in [0.717, 1.165) is 22.5 Å². The number of rotatable bonds is 6. The fraction of sp³-hybridized carbons (Fsp3) is 0.381. The molecule has 0 spiro atoms. The van der Waals surface area contributed by atoms with Crippen molar-refractivity contribution in [3.05, 3.63) is 46.8 Å². The summed E-state index contributed by atoms with van der Waals surface area (Å²) in [6.07, 6.45) is 0.790. The second-order valence-corrected chi connectivity index (χ2v) is 8.18. The van der Waals surface area contributed by atoms with E-state index in [0.29, 0.717) is 38.4 Å². The molecule has 8 heteroatoms. The number of hydrogen-bond donors (Lipinski definition) is 2.